The largest absolute Gasteiger partial charge is 0.511 e. The fraction of sp³-hybridized carbons (Fsp3) is 0.435. The molecular weight excluding hydrogens is 439 g/mol. The van der Waals surface area contributed by atoms with E-state index in [9.17, 15) is 18.0 Å². The molecule has 7 nitrogen and oxygen atoms in total. The van der Waals surface area contributed by atoms with Crippen molar-refractivity contribution >= 4 is 23.7 Å². The Labute approximate surface area is 190 Å². The van der Waals surface area contributed by atoms with E-state index in [1.807, 2.05) is 31.2 Å². The molecule has 10 heteroatoms. The lowest BCUT2D eigenvalue weighted by Crippen LogP contribution is -2.21. The molecule has 0 unspecified atom stereocenters. The minimum atomic E-state index is -4.66. The van der Waals surface area contributed by atoms with Crippen molar-refractivity contribution in [1.82, 2.24) is 9.78 Å². The van der Waals surface area contributed by atoms with E-state index in [1.165, 1.54) is 0 Å². The first kappa shape index (κ1) is 26.0. The van der Waals surface area contributed by atoms with E-state index in [4.69, 9.17) is 10.1 Å². The van der Waals surface area contributed by atoms with Gasteiger partial charge in [-0.05, 0) is 36.5 Å². The molecule has 0 aliphatic heterocycles. The lowest BCUT2D eigenvalue weighted by Gasteiger charge is -2.20. The molecule has 1 N–H and O–H groups in total. The summed E-state index contributed by atoms with van der Waals surface area (Å²) in [4.78, 5) is 11.5. The first-order valence-electron chi connectivity index (χ1n) is 10.2. The van der Waals surface area contributed by atoms with Crippen LogP contribution in [0.4, 0.5) is 18.0 Å². The minimum Gasteiger partial charge on any atom is -0.454 e. The number of carbonyl (C=O) groups is 1. The number of aromatic nitrogens is 2. The second-order valence-electron chi connectivity index (χ2n) is 8.26. The molecule has 2 aromatic rings. The van der Waals surface area contributed by atoms with Gasteiger partial charge in [0.2, 0.25) is 6.79 Å². The number of halogens is 3. The molecule has 180 valence electrons. The van der Waals surface area contributed by atoms with E-state index in [0.29, 0.717) is 29.1 Å². The Morgan fingerprint density at radius 1 is 1.12 bits per heavy atom. The van der Waals surface area contributed by atoms with Crippen LogP contribution in [0.3, 0.4) is 0 Å². The summed E-state index contributed by atoms with van der Waals surface area (Å²) in [5.41, 5.74) is 3.33. The summed E-state index contributed by atoms with van der Waals surface area (Å²) in [6, 6.07) is 9.34. The highest BCUT2D eigenvalue weighted by Crippen LogP contribution is 2.29. The van der Waals surface area contributed by atoms with Crippen molar-refractivity contribution in [3.8, 4) is 0 Å². The fourth-order valence-corrected chi connectivity index (χ4v) is 3.01. The Morgan fingerprint density at radius 2 is 1.76 bits per heavy atom. The summed E-state index contributed by atoms with van der Waals surface area (Å²) in [5.74, 6) is 0.194. The van der Waals surface area contributed by atoms with Crippen molar-refractivity contribution in [2.45, 2.75) is 52.8 Å². The number of alkyl halides is 3. The number of nitrogens with one attached hydrogen (secondary N) is 1. The van der Waals surface area contributed by atoms with Gasteiger partial charge in [-0.15, -0.1) is 0 Å². The van der Waals surface area contributed by atoms with Crippen LogP contribution in [0.2, 0.25) is 0 Å². The van der Waals surface area contributed by atoms with Gasteiger partial charge in [0.05, 0.1) is 5.69 Å². The van der Waals surface area contributed by atoms with Gasteiger partial charge in [0.1, 0.15) is 5.69 Å². The van der Waals surface area contributed by atoms with E-state index in [0.717, 1.165) is 11.8 Å². The number of carbonyl (C=O) groups excluding carboxylic acids is 1. The maximum atomic E-state index is 12.2. The molecule has 1 heterocycles. The summed E-state index contributed by atoms with van der Waals surface area (Å²) in [5, 5.41) is 12.4. The Bertz CT molecular complexity index is 1000. The average Bonchev–Trinajstić information content (AvgIpc) is 3.11. The Morgan fingerprint density at radius 3 is 2.27 bits per heavy atom. The molecule has 0 fully saturated rings. The number of allylic oxidation sites excluding steroid dienone is 1. The molecule has 0 atom stereocenters. The lowest BCUT2D eigenvalue weighted by molar-refractivity contribution is -0.167. The normalized spacial score (nSPS) is 12.7. The molecule has 0 radical (unpaired) electrons. The molecule has 1 aromatic carbocycles. The third-order valence-corrected chi connectivity index (χ3v) is 4.62. The zero-order valence-corrected chi connectivity index (χ0v) is 19.2. The summed E-state index contributed by atoms with van der Waals surface area (Å²) in [6.07, 6.45) is -5.08. The van der Waals surface area contributed by atoms with E-state index >= 15 is 0 Å². The van der Waals surface area contributed by atoms with Crippen molar-refractivity contribution in [2.24, 2.45) is 0 Å². The summed E-state index contributed by atoms with van der Waals surface area (Å²) < 4.78 is 52.6. The van der Waals surface area contributed by atoms with E-state index in [1.54, 1.807) is 17.7 Å². The highest BCUT2D eigenvalue weighted by Gasteiger charge is 2.30. The van der Waals surface area contributed by atoms with Crippen molar-refractivity contribution in [2.75, 3.05) is 13.4 Å². The number of ether oxygens (including phenoxy) is 3. The molecule has 1 aromatic heterocycles. The van der Waals surface area contributed by atoms with Gasteiger partial charge in [-0.1, -0.05) is 45.0 Å². The van der Waals surface area contributed by atoms with Gasteiger partial charge in [0.25, 0.3) is 0 Å². The molecule has 0 aliphatic carbocycles. The van der Waals surface area contributed by atoms with Crippen LogP contribution >= 0.6 is 0 Å². The zero-order valence-electron chi connectivity index (χ0n) is 19.2. The van der Waals surface area contributed by atoms with Crippen LogP contribution in [0.15, 0.2) is 30.3 Å². The molecule has 33 heavy (non-hydrogen) atoms. The molecule has 0 spiro atoms. The highest BCUT2D eigenvalue weighted by atomic mass is 19.4. The summed E-state index contributed by atoms with van der Waals surface area (Å²) in [7, 11) is 0. The number of benzene rings is 1. The highest BCUT2D eigenvalue weighted by molar-refractivity contribution is 6.16. The zero-order chi connectivity index (χ0) is 24.8. The first-order valence-corrected chi connectivity index (χ1v) is 10.2. The maximum Gasteiger partial charge on any atom is 0.511 e. The van der Waals surface area contributed by atoms with E-state index < -0.39 is 25.7 Å². The summed E-state index contributed by atoms with van der Waals surface area (Å²) in [6.45, 7) is 7.95. The first-order chi connectivity index (χ1) is 15.4. The predicted octanol–water partition coefficient (Wildman–Crippen LogP) is 5.72. The maximum absolute atomic E-state index is 12.2. The van der Waals surface area contributed by atoms with Gasteiger partial charge in [-0.3, -0.25) is 4.68 Å². The topological polar surface area (TPSA) is 86.4 Å². The van der Waals surface area contributed by atoms with Gasteiger partial charge in [0.15, 0.2) is 12.4 Å². The second-order valence-corrected chi connectivity index (χ2v) is 8.26. The van der Waals surface area contributed by atoms with Crippen molar-refractivity contribution in [3.05, 3.63) is 52.8 Å². The quantitative estimate of drug-likeness (QED) is 0.232. The van der Waals surface area contributed by atoms with Gasteiger partial charge in [0, 0.05) is 18.3 Å². The van der Waals surface area contributed by atoms with Crippen LogP contribution in [0, 0.1) is 12.3 Å². The lowest BCUT2D eigenvalue weighted by atomic mass is 9.86. The number of rotatable bonds is 8. The number of hydrogen-bond donors (Lipinski definition) is 1. The van der Waals surface area contributed by atoms with Crippen molar-refractivity contribution in [1.29, 1.82) is 5.41 Å². The molecular formula is C23H28F3N3O4. The fourth-order valence-electron chi connectivity index (χ4n) is 3.01. The molecule has 0 amide bonds. The van der Waals surface area contributed by atoms with Crippen LogP contribution in [0.5, 0.6) is 0 Å². The molecule has 0 saturated carbocycles. The molecule has 0 bridgehead atoms. The number of hydrogen-bond acceptors (Lipinski definition) is 6. The van der Waals surface area contributed by atoms with Crippen molar-refractivity contribution < 1.29 is 32.2 Å². The van der Waals surface area contributed by atoms with E-state index in [-0.39, 0.29) is 11.2 Å². The van der Waals surface area contributed by atoms with Crippen LogP contribution in [-0.2, 0) is 26.2 Å². The minimum absolute atomic E-state index is 0.0605. The van der Waals surface area contributed by atoms with E-state index in [2.05, 4.69) is 35.3 Å². The monoisotopic (exact) mass is 467 g/mol. The van der Waals surface area contributed by atoms with Gasteiger partial charge in [-0.25, -0.2) is 4.79 Å². The predicted molar refractivity (Wildman–Crippen MR) is 118 cm³/mol. The van der Waals surface area contributed by atoms with Gasteiger partial charge in [-0.2, -0.15) is 18.3 Å². The van der Waals surface area contributed by atoms with Gasteiger partial charge >= 0.3 is 12.3 Å². The van der Waals surface area contributed by atoms with Crippen LogP contribution in [0.1, 0.15) is 50.2 Å². The van der Waals surface area contributed by atoms with Crippen LogP contribution in [-0.4, -0.2) is 41.7 Å². The SMILES string of the molecule is CCn1nc(C)cc1/C(OCOC(=O)OCC(F)(F)F)=C(\C=N)c1ccc(C(C)(C)C)cc1. The number of aryl methyl sites for hydroxylation is 2. The molecule has 0 saturated heterocycles. The average molecular weight is 467 g/mol. The second kappa shape index (κ2) is 10.5. The third-order valence-electron chi connectivity index (χ3n) is 4.62. The smallest absolute Gasteiger partial charge is 0.454 e. The third kappa shape index (κ3) is 7.37. The Hall–Kier alpha value is -3.30. The standard InChI is InChI=1S/C23H28F3N3O4/c1-6-29-19(11-15(2)28-29)20(32-14-33-21(30)31-13-23(24,25)26)18(12-27)16-7-9-17(10-8-16)22(3,4)5/h7-12,27H,6,13-14H2,1-5H3/b20-18-,27-12?. The Kier molecular flexibility index (Phi) is 8.29. The van der Waals surface area contributed by atoms with Gasteiger partial charge < -0.3 is 19.6 Å². The number of nitrogens with zero attached hydrogens (tertiary/aromatic N) is 2. The molecule has 0 aliphatic rings. The van der Waals surface area contributed by atoms with Crippen LogP contribution in [0.25, 0.3) is 11.3 Å². The van der Waals surface area contributed by atoms with Crippen LogP contribution < -0.4 is 0 Å². The molecule has 2 rings (SSSR count). The van der Waals surface area contributed by atoms with Crippen molar-refractivity contribution in [3.63, 3.8) is 0 Å². The Balaban J connectivity index is 2.38. The summed E-state index contributed by atoms with van der Waals surface area (Å²) >= 11 is 0.